The third kappa shape index (κ3) is 5.01. The molecule has 2 heterocycles. The lowest BCUT2D eigenvalue weighted by Crippen LogP contribution is -3.29. The van der Waals surface area contributed by atoms with E-state index in [2.05, 4.69) is 11.4 Å². The van der Waals surface area contributed by atoms with Gasteiger partial charge in [-0.05, 0) is 31.2 Å². The van der Waals surface area contributed by atoms with Crippen LogP contribution in [-0.4, -0.2) is 51.3 Å². The summed E-state index contributed by atoms with van der Waals surface area (Å²) < 4.78 is 11.1. The van der Waals surface area contributed by atoms with Crippen molar-refractivity contribution in [3.63, 3.8) is 0 Å². The molecule has 1 amide bonds. The van der Waals surface area contributed by atoms with Crippen LogP contribution < -0.4 is 24.6 Å². The second-order valence-electron chi connectivity index (χ2n) is 7.78. The Morgan fingerprint density at radius 2 is 1.83 bits per heavy atom. The van der Waals surface area contributed by atoms with Gasteiger partial charge in [0.05, 0.1) is 0 Å². The lowest BCUT2D eigenvalue weighted by molar-refractivity contribution is -1.02. The number of benzene rings is 2. The van der Waals surface area contributed by atoms with Crippen molar-refractivity contribution < 1.29 is 24.1 Å². The van der Waals surface area contributed by atoms with Gasteiger partial charge in [0, 0.05) is 22.3 Å². The lowest BCUT2D eigenvalue weighted by Gasteiger charge is -2.32. The third-order valence-electron chi connectivity index (χ3n) is 5.76. The lowest BCUT2D eigenvalue weighted by atomic mass is 10.1. The molecule has 0 radical (unpaired) electrons. The number of halogens is 1. The summed E-state index contributed by atoms with van der Waals surface area (Å²) in [6.07, 6.45) is 0. The number of fused-ring (bicyclic) bond motifs is 1. The third-order valence-corrected chi connectivity index (χ3v) is 5.99. The molecule has 0 spiro atoms. The molecule has 1 atom stereocenters. The van der Waals surface area contributed by atoms with Crippen molar-refractivity contribution in [2.24, 2.45) is 0 Å². The number of ether oxygens (including phenoxy) is 2. The number of anilines is 1. The normalized spacial score (nSPS) is 22.0. The van der Waals surface area contributed by atoms with Gasteiger partial charge in [-0.2, -0.15) is 0 Å². The number of nitrogens with one attached hydrogen (secondary N) is 3. The fourth-order valence-corrected chi connectivity index (χ4v) is 4.24. The highest BCUT2D eigenvalue weighted by Gasteiger charge is 2.31. The van der Waals surface area contributed by atoms with Gasteiger partial charge in [0.25, 0.3) is 5.91 Å². The van der Waals surface area contributed by atoms with E-state index in [1.807, 2.05) is 43.3 Å². The van der Waals surface area contributed by atoms with Gasteiger partial charge in [0.15, 0.2) is 17.5 Å². The summed E-state index contributed by atoms with van der Waals surface area (Å²) in [4.78, 5) is 15.6. The molecule has 6 nitrogen and oxygen atoms in total. The van der Waals surface area contributed by atoms with E-state index >= 15 is 0 Å². The Kier molecular flexibility index (Phi) is 6.23. The smallest absolute Gasteiger partial charge is 0.282 e. The molecule has 2 aromatic rings. The molecule has 1 saturated heterocycles. The quantitative estimate of drug-likeness (QED) is 0.661. The Balaban J connectivity index is 1.28. The Bertz CT molecular complexity index is 868. The van der Waals surface area contributed by atoms with Gasteiger partial charge in [0.2, 0.25) is 0 Å². The molecule has 0 saturated carbocycles. The maximum absolute atomic E-state index is 12.8. The highest BCUT2D eigenvalue weighted by molar-refractivity contribution is 6.30. The first-order valence-electron chi connectivity index (χ1n) is 10.2. The SMILES string of the molecule is C[C@@H](C(=O)Nc1ccc2c(c1)OCCO2)[NH+]1CC[NH+](Cc2cccc(Cl)c2)CC1. The molecule has 0 unspecified atom stereocenters. The standard InChI is InChI=1S/C22H26ClN3O3/c1-16(22(27)24-19-5-6-20-21(14-19)29-12-11-28-20)26-9-7-25(8-10-26)15-17-3-2-4-18(23)13-17/h2-6,13-14,16H,7-12,15H2,1H3,(H,24,27)/p+2/t16-/m0/s1. The van der Waals surface area contributed by atoms with E-state index < -0.39 is 0 Å². The van der Waals surface area contributed by atoms with Crippen molar-refractivity contribution in [2.45, 2.75) is 19.5 Å². The zero-order valence-corrected chi connectivity index (χ0v) is 17.4. The van der Waals surface area contributed by atoms with Crippen LogP contribution in [0, 0.1) is 0 Å². The van der Waals surface area contributed by atoms with Crippen LogP contribution in [0.4, 0.5) is 5.69 Å². The zero-order valence-electron chi connectivity index (χ0n) is 16.7. The summed E-state index contributed by atoms with van der Waals surface area (Å²) in [5.41, 5.74) is 2.01. The first-order chi connectivity index (χ1) is 14.1. The monoisotopic (exact) mass is 417 g/mol. The van der Waals surface area contributed by atoms with Crippen LogP contribution in [0.3, 0.4) is 0 Å². The van der Waals surface area contributed by atoms with Crippen molar-refractivity contribution in [2.75, 3.05) is 44.7 Å². The molecule has 4 rings (SSSR count). The van der Waals surface area contributed by atoms with E-state index in [1.54, 1.807) is 0 Å². The minimum atomic E-state index is -0.101. The van der Waals surface area contributed by atoms with Crippen molar-refractivity contribution in [3.8, 4) is 11.5 Å². The van der Waals surface area contributed by atoms with Crippen LogP contribution in [0.25, 0.3) is 0 Å². The zero-order chi connectivity index (χ0) is 20.2. The van der Waals surface area contributed by atoms with E-state index in [1.165, 1.54) is 15.4 Å². The Morgan fingerprint density at radius 1 is 1.07 bits per heavy atom. The van der Waals surface area contributed by atoms with Crippen LogP contribution in [0.2, 0.25) is 5.02 Å². The minimum Gasteiger partial charge on any atom is -0.486 e. The summed E-state index contributed by atoms with van der Waals surface area (Å²) >= 11 is 6.10. The number of rotatable bonds is 5. The predicted molar refractivity (Wildman–Crippen MR) is 112 cm³/mol. The van der Waals surface area contributed by atoms with Gasteiger partial charge >= 0.3 is 0 Å². The van der Waals surface area contributed by atoms with Crippen LogP contribution in [0.15, 0.2) is 42.5 Å². The molecular formula is C22H28ClN3O3+2. The van der Waals surface area contributed by atoms with Gasteiger partial charge in [0.1, 0.15) is 45.9 Å². The average molecular weight is 418 g/mol. The van der Waals surface area contributed by atoms with E-state index in [4.69, 9.17) is 21.1 Å². The molecule has 2 aromatic carbocycles. The number of hydrogen-bond acceptors (Lipinski definition) is 3. The molecule has 2 aliphatic heterocycles. The summed E-state index contributed by atoms with van der Waals surface area (Å²) in [7, 11) is 0. The number of carbonyl (C=O) groups excluding carboxylic acids is 1. The van der Waals surface area contributed by atoms with Crippen LogP contribution >= 0.6 is 11.6 Å². The average Bonchev–Trinajstić information content (AvgIpc) is 2.74. The van der Waals surface area contributed by atoms with Crippen LogP contribution in [0.1, 0.15) is 12.5 Å². The molecule has 0 aliphatic carbocycles. The molecular weight excluding hydrogens is 390 g/mol. The molecule has 1 fully saturated rings. The highest BCUT2D eigenvalue weighted by Crippen LogP contribution is 2.32. The van der Waals surface area contributed by atoms with Crippen molar-refractivity contribution in [3.05, 3.63) is 53.1 Å². The number of hydrogen-bond donors (Lipinski definition) is 3. The second kappa shape index (κ2) is 9.03. The number of quaternary nitrogens is 2. The summed E-state index contributed by atoms with van der Waals surface area (Å²) in [5.74, 6) is 1.45. The number of amides is 1. The van der Waals surface area contributed by atoms with Crippen molar-refractivity contribution in [1.29, 1.82) is 0 Å². The Morgan fingerprint density at radius 3 is 2.59 bits per heavy atom. The molecule has 3 N–H and O–H groups in total. The molecule has 2 aliphatic rings. The van der Waals surface area contributed by atoms with E-state index in [9.17, 15) is 4.79 Å². The van der Waals surface area contributed by atoms with Crippen LogP contribution in [-0.2, 0) is 11.3 Å². The first kappa shape index (κ1) is 20.0. The van der Waals surface area contributed by atoms with Gasteiger partial charge in [-0.3, -0.25) is 4.79 Å². The van der Waals surface area contributed by atoms with Crippen molar-refractivity contribution in [1.82, 2.24) is 0 Å². The fourth-order valence-electron chi connectivity index (χ4n) is 4.03. The Labute approximate surface area is 176 Å². The van der Waals surface area contributed by atoms with E-state index in [0.29, 0.717) is 19.0 Å². The van der Waals surface area contributed by atoms with E-state index in [-0.39, 0.29) is 11.9 Å². The Hall–Kier alpha value is -2.28. The van der Waals surface area contributed by atoms with Gasteiger partial charge in [-0.25, -0.2) is 0 Å². The van der Waals surface area contributed by atoms with Gasteiger partial charge in [-0.1, -0.05) is 23.7 Å². The molecule has 0 bridgehead atoms. The summed E-state index contributed by atoms with van der Waals surface area (Å²) in [6.45, 7) is 8.12. The van der Waals surface area contributed by atoms with Crippen molar-refractivity contribution >= 4 is 23.2 Å². The molecule has 7 heteroatoms. The fraction of sp³-hybridized carbons (Fsp3) is 0.409. The molecule has 29 heavy (non-hydrogen) atoms. The van der Waals surface area contributed by atoms with Gasteiger partial charge in [-0.15, -0.1) is 0 Å². The minimum absolute atomic E-state index is 0.0370. The first-order valence-corrected chi connectivity index (χ1v) is 10.6. The number of piperazine rings is 1. The summed E-state index contributed by atoms with van der Waals surface area (Å²) in [6, 6.07) is 13.5. The number of carbonyl (C=O) groups is 1. The van der Waals surface area contributed by atoms with Gasteiger partial charge < -0.3 is 24.6 Å². The largest absolute Gasteiger partial charge is 0.486 e. The van der Waals surface area contributed by atoms with E-state index in [0.717, 1.165) is 49.2 Å². The maximum Gasteiger partial charge on any atom is 0.282 e. The topological polar surface area (TPSA) is 56.4 Å². The summed E-state index contributed by atoms with van der Waals surface area (Å²) in [5, 5.41) is 3.82. The molecule has 154 valence electrons. The highest BCUT2D eigenvalue weighted by atomic mass is 35.5. The molecule has 0 aromatic heterocycles. The second-order valence-corrected chi connectivity index (χ2v) is 8.22. The maximum atomic E-state index is 12.8. The predicted octanol–water partition coefficient (Wildman–Crippen LogP) is 0.422. The van der Waals surface area contributed by atoms with Crippen LogP contribution in [0.5, 0.6) is 11.5 Å².